The summed E-state index contributed by atoms with van der Waals surface area (Å²) >= 11 is 0. The van der Waals surface area contributed by atoms with Gasteiger partial charge < -0.3 is 19.9 Å². The highest BCUT2D eigenvalue weighted by Crippen LogP contribution is 2.36. The molecule has 1 unspecified atom stereocenters. The zero-order valence-corrected chi connectivity index (χ0v) is 19.0. The molecule has 4 aromatic rings. The summed E-state index contributed by atoms with van der Waals surface area (Å²) in [6.45, 7) is 2.83. The van der Waals surface area contributed by atoms with Gasteiger partial charge in [-0.25, -0.2) is 13.8 Å². The molecular formula is C24H22F2N6O3. The monoisotopic (exact) mass is 480 g/mol. The van der Waals surface area contributed by atoms with Gasteiger partial charge in [0, 0.05) is 26.2 Å². The Morgan fingerprint density at radius 1 is 1.11 bits per heavy atom. The van der Waals surface area contributed by atoms with Crippen LogP contribution >= 0.6 is 0 Å². The van der Waals surface area contributed by atoms with Crippen molar-refractivity contribution in [3.8, 4) is 5.69 Å². The third-order valence-electron chi connectivity index (χ3n) is 6.16. The van der Waals surface area contributed by atoms with Crippen LogP contribution in [0.3, 0.4) is 0 Å². The normalized spacial score (nSPS) is 15.7. The van der Waals surface area contributed by atoms with Crippen LogP contribution in [0.4, 0.5) is 20.2 Å². The molecule has 1 aliphatic heterocycles. The summed E-state index contributed by atoms with van der Waals surface area (Å²) in [6.07, 6.45) is 0.0792. The molecule has 0 saturated carbocycles. The maximum Gasteiger partial charge on any atom is 0.276 e. The third kappa shape index (κ3) is 3.93. The van der Waals surface area contributed by atoms with Crippen molar-refractivity contribution in [1.82, 2.24) is 19.3 Å². The number of anilines is 2. The number of hydrogen-bond donors (Lipinski definition) is 2. The number of β-amino-alcohol motifs (C(OH)–C–C–N with tert-alkyl or cyclic N) is 1. The summed E-state index contributed by atoms with van der Waals surface area (Å²) in [5, 5.41) is 16.8. The van der Waals surface area contributed by atoms with Crippen LogP contribution in [0.15, 0.2) is 47.3 Å². The summed E-state index contributed by atoms with van der Waals surface area (Å²) in [7, 11) is 1.89. The molecule has 0 aliphatic carbocycles. The third-order valence-corrected chi connectivity index (χ3v) is 6.16. The molecule has 0 bridgehead atoms. The zero-order chi connectivity index (χ0) is 24.9. The van der Waals surface area contributed by atoms with Gasteiger partial charge in [0.2, 0.25) is 0 Å². The number of rotatable bonds is 4. The number of imidazole rings is 1. The quantitative estimate of drug-likeness (QED) is 0.465. The topological polar surface area (TPSA) is 105 Å². The van der Waals surface area contributed by atoms with Gasteiger partial charge in [-0.1, -0.05) is 6.07 Å². The van der Waals surface area contributed by atoms with E-state index in [2.05, 4.69) is 15.4 Å². The molecule has 1 aliphatic rings. The number of halogens is 2. The lowest BCUT2D eigenvalue weighted by atomic mass is 10.2. The van der Waals surface area contributed by atoms with Gasteiger partial charge >= 0.3 is 0 Å². The Kier molecular flexibility index (Phi) is 5.56. The van der Waals surface area contributed by atoms with Crippen molar-refractivity contribution in [1.29, 1.82) is 0 Å². The fourth-order valence-corrected chi connectivity index (χ4v) is 4.30. The number of aromatic nitrogens is 4. The fourth-order valence-electron chi connectivity index (χ4n) is 4.30. The Labute approximate surface area is 198 Å². The Hall–Kier alpha value is -4.12. The van der Waals surface area contributed by atoms with E-state index in [9.17, 15) is 23.5 Å². The highest BCUT2D eigenvalue weighted by atomic mass is 19.1. The van der Waals surface area contributed by atoms with Crippen molar-refractivity contribution in [2.45, 2.75) is 19.4 Å². The average Bonchev–Trinajstić information content (AvgIpc) is 3.37. The van der Waals surface area contributed by atoms with E-state index in [1.165, 1.54) is 12.1 Å². The largest absolute Gasteiger partial charge is 0.391 e. The van der Waals surface area contributed by atoms with Gasteiger partial charge in [0.1, 0.15) is 22.7 Å². The average molecular weight is 480 g/mol. The Morgan fingerprint density at radius 2 is 1.86 bits per heavy atom. The first-order valence-corrected chi connectivity index (χ1v) is 11.0. The fraction of sp³-hybridized carbons (Fsp3) is 0.250. The van der Waals surface area contributed by atoms with Crippen LogP contribution < -0.4 is 15.8 Å². The van der Waals surface area contributed by atoms with E-state index in [1.807, 2.05) is 29.5 Å². The van der Waals surface area contributed by atoms with E-state index in [4.69, 9.17) is 0 Å². The maximum absolute atomic E-state index is 14.3. The first-order chi connectivity index (χ1) is 16.7. The summed E-state index contributed by atoms with van der Waals surface area (Å²) in [5.41, 5.74) is 0.960. The van der Waals surface area contributed by atoms with Crippen molar-refractivity contribution in [3.05, 3.63) is 76.0 Å². The van der Waals surface area contributed by atoms with Gasteiger partial charge in [-0.15, -0.1) is 0 Å². The molecule has 1 atom stereocenters. The smallest absolute Gasteiger partial charge is 0.276 e. The van der Waals surface area contributed by atoms with Gasteiger partial charge in [0.25, 0.3) is 11.5 Å². The number of aryl methyl sites for hydroxylation is 2. The molecule has 3 heterocycles. The molecule has 11 heteroatoms. The molecular weight excluding hydrogens is 458 g/mol. The first kappa shape index (κ1) is 22.7. The van der Waals surface area contributed by atoms with Crippen LogP contribution in [-0.2, 0) is 7.05 Å². The number of aliphatic hydroxyl groups is 1. The lowest BCUT2D eigenvalue weighted by molar-refractivity contribution is 0.102. The van der Waals surface area contributed by atoms with Crippen LogP contribution in [0.25, 0.3) is 16.7 Å². The SMILES string of the molecule is Cc1nc2c(N3CCC(O)C3)c(NC(=O)c3ccc(=O)n(-c4c(F)cccc4F)n3)ccc2n1C. The number of aliphatic hydroxyl groups excluding tert-OH is 1. The standard InChI is InChI=1S/C24H22F2N6O3/c1-13-27-21-19(30(13)2)8-6-17(23(21)31-11-10-14(33)12-31)28-24(35)18-7-9-20(34)32(29-18)22-15(25)4-3-5-16(22)26/h3-9,14,33H,10-12H2,1-2H3,(H,28,35). The number of hydrogen-bond acceptors (Lipinski definition) is 6. The van der Waals surface area contributed by atoms with Crippen LogP contribution in [0.5, 0.6) is 0 Å². The number of amides is 1. The van der Waals surface area contributed by atoms with E-state index in [1.54, 1.807) is 6.07 Å². The number of fused-ring (bicyclic) bond motifs is 1. The molecule has 35 heavy (non-hydrogen) atoms. The molecule has 0 radical (unpaired) electrons. The molecule has 2 N–H and O–H groups in total. The van der Waals surface area contributed by atoms with E-state index in [0.29, 0.717) is 41.1 Å². The minimum Gasteiger partial charge on any atom is -0.391 e. The number of para-hydroxylation sites is 1. The van der Waals surface area contributed by atoms with Crippen LogP contribution in [0.1, 0.15) is 22.7 Å². The maximum atomic E-state index is 14.3. The minimum atomic E-state index is -0.983. The Bertz CT molecular complexity index is 1510. The predicted molar refractivity (Wildman–Crippen MR) is 126 cm³/mol. The molecule has 9 nitrogen and oxygen atoms in total. The number of benzene rings is 2. The van der Waals surface area contributed by atoms with Crippen molar-refractivity contribution in [2.75, 3.05) is 23.3 Å². The zero-order valence-electron chi connectivity index (χ0n) is 19.0. The first-order valence-electron chi connectivity index (χ1n) is 11.0. The van der Waals surface area contributed by atoms with Crippen LogP contribution in [0, 0.1) is 18.6 Å². The highest BCUT2D eigenvalue weighted by Gasteiger charge is 2.27. The van der Waals surface area contributed by atoms with Gasteiger partial charge in [0.15, 0.2) is 11.6 Å². The highest BCUT2D eigenvalue weighted by molar-refractivity contribution is 6.08. The van der Waals surface area contributed by atoms with Crippen molar-refractivity contribution < 1.29 is 18.7 Å². The summed E-state index contributed by atoms with van der Waals surface area (Å²) < 4.78 is 31.0. The van der Waals surface area contributed by atoms with Gasteiger partial charge in [0.05, 0.1) is 23.0 Å². The summed E-state index contributed by atoms with van der Waals surface area (Å²) in [6, 6.07) is 8.94. The number of carbonyl (C=O) groups is 1. The van der Waals surface area contributed by atoms with E-state index in [0.717, 1.165) is 29.5 Å². The van der Waals surface area contributed by atoms with Crippen molar-refractivity contribution in [2.24, 2.45) is 7.05 Å². The second-order valence-electron chi connectivity index (χ2n) is 8.43. The molecule has 2 aromatic heterocycles. The number of nitrogens with zero attached hydrogens (tertiary/aromatic N) is 5. The van der Waals surface area contributed by atoms with Crippen LogP contribution in [0.2, 0.25) is 0 Å². The minimum absolute atomic E-state index is 0.211. The van der Waals surface area contributed by atoms with E-state index in [-0.39, 0.29) is 5.69 Å². The lowest BCUT2D eigenvalue weighted by Crippen LogP contribution is -2.27. The second-order valence-corrected chi connectivity index (χ2v) is 8.43. The summed E-state index contributed by atoms with van der Waals surface area (Å²) in [5.74, 6) is -1.86. The lowest BCUT2D eigenvalue weighted by Gasteiger charge is -2.22. The van der Waals surface area contributed by atoms with Gasteiger partial charge in [-0.05, 0) is 43.7 Å². The second kappa shape index (κ2) is 8.58. The molecule has 5 rings (SSSR count). The Balaban J connectivity index is 1.56. The van der Waals surface area contributed by atoms with Gasteiger partial charge in [-0.3, -0.25) is 9.59 Å². The molecule has 0 spiro atoms. The molecule has 180 valence electrons. The Morgan fingerprint density at radius 3 is 2.54 bits per heavy atom. The van der Waals surface area contributed by atoms with Gasteiger partial charge in [-0.2, -0.15) is 9.78 Å². The number of carbonyl (C=O) groups excluding carboxylic acids is 1. The molecule has 1 fully saturated rings. The molecule has 1 amide bonds. The van der Waals surface area contributed by atoms with Crippen LogP contribution in [-0.4, -0.2) is 49.5 Å². The molecule has 1 saturated heterocycles. The predicted octanol–water partition coefficient (Wildman–Crippen LogP) is 2.53. The van der Waals surface area contributed by atoms with E-state index >= 15 is 0 Å². The summed E-state index contributed by atoms with van der Waals surface area (Å²) in [4.78, 5) is 32.0. The number of nitrogens with one attached hydrogen (secondary N) is 1. The van der Waals surface area contributed by atoms with E-state index < -0.39 is 34.9 Å². The van der Waals surface area contributed by atoms with Crippen molar-refractivity contribution in [3.63, 3.8) is 0 Å². The molecule has 2 aromatic carbocycles. The van der Waals surface area contributed by atoms with Crippen molar-refractivity contribution >= 4 is 28.3 Å².